The maximum atomic E-state index is 11.8. The quantitative estimate of drug-likeness (QED) is 0.746. The van der Waals surface area contributed by atoms with E-state index in [0.29, 0.717) is 10.8 Å². The van der Waals surface area contributed by atoms with Gasteiger partial charge in [0.25, 0.3) is 0 Å². The summed E-state index contributed by atoms with van der Waals surface area (Å²) in [6, 6.07) is 13.6. The number of allylic oxidation sites excluding steroid dienone is 1. The molecule has 0 spiro atoms. The molecule has 0 aliphatic carbocycles. The predicted octanol–water partition coefficient (Wildman–Crippen LogP) is 5.30. The van der Waals surface area contributed by atoms with Gasteiger partial charge in [-0.1, -0.05) is 56.3 Å². The first-order valence-corrected chi connectivity index (χ1v) is 9.83. The Morgan fingerprint density at radius 2 is 1.87 bits per heavy atom. The van der Waals surface area contributed by atoms with Crippen molar-refractivity contribution >= 4 is 15.9 Å². The van der Waals surface area contributed by atoms with E-state index in [-0.39, 0.29) is 0 Å². The molecule has 0 saturated carbocycles. The van der Waals surface area contributed by atoms with E-state index in [1.54, 1.807) is 12.1 Å². The Kier molecular flexibility index (Phi) is 5.42. The Labute approximate surface area is 139 Å². The maximum Gasteiger partial charge on any atom is 0.175 e. The molecule has 0 bridgehead atoms. The Bertz CT molecular complexity index is 817. The second-order valence-corrected chi connectivity index (χ2v) is 7.97. The monoisotopic (exact) mass is 328 g/mol. The smallest absolute Gasteiger partial charge is 0.175 e. The molecule has 23 heavy (non-hydrogen) atoms. The first-order chi connectivity index (χ1) is 10.9. The standard InChI is InChI=1S/C20H24O2S/c1-5-8-16-11-12-19(20(13-16)15(3)6-2)17-9-7-10-18(14-17)23(4,21)22/h5,7-15H,6H2,1-4H3/b8-5+. The molecule has 0 heterocycles. The van der Waals surface area contributed by atoms with Gasteiger partial charge >= 0.3 is 0 Å². The van der Waals surface area contributed by atoms with Crippen LogP contribution in [0.15, 0.2) is 53.4 Å². The fourth-order valence-corrected chi connectivity index (χ4v) is 3.33. The van der Waals surface area contributed by atoms with E-state index in [2.05, 4.69) is 38.1 Å². The summed E-state index contributed by atoms with van der Waals surface area (Å²) in [6.07, 6.45) is 6.40. The van der Waals surface area contributed by atoms with Crippen molar-refractivity contribution in [2.45, 2.75) is 38.0 Å². The van der Waals surface area contributed by atoms with Crippen LogP contribution in [-0.4, -0.2) is 14.7 Å². The van der Waals surface area contributed by atoms with E-state index < -0.39 is 9.84 Å². The summed E-state index contributed by atoms with van der Waals surface area (Å²) in [7, 11) is -3.20. The topological polar surface area (TPSA) is 34.1 Å². The van der Waals surface area contributed by atoms with Crippen LogP contribution in [0.25, 0.3) is 17.2 Å². The van der Waals surface area contributed by atoms with Crippen molar-refractivity contribution in [3.63, 3.8) is 0 Å². The lowest BCUT2D eigenvalue weighted by Gasteiger charge is -2.17. The van der Waals surface area contributed by atoms with Gasteiger partial charge in [0.05, 0.1) is 4.90 Å². The fraction of sp³-hybridized carbons (Fsp3) is 0.300. The van der Waals surface area contributed by atoms with Crippen LogP contribution < -0.4 is 0 Å². The molecule has 0 aromatic heterocycles. The summed E-state index contributed by atoms with van der Waals surface area (Å²) < 4.78 is 23.6. The lowest BCUT2D eigenvalue weighted by molar-refractivity contribution is 0.602. The maximum absolute atomic E-state index is 11.8. The van der Waals surface area contributed by atoms with Crippen molar-refractivity contribution in [1.82, 2.24) is 0 Å². The van der Waals surface area contributed by atoms with Gasteiger partial charge in [-0.05, 0) is 53.6 Å². The van der Waals surface area contributed by atoms with Gasteiger partial charge in [-0.2, -0.15) is 0 Å². The molecule has 0 saturated heterocycles. The molecule has 0 N–H and O–H groups in total. The Balaban J connectivity index is 2.63. The minimum atomic E-state index is -3.20. The number of benzene rings is 2. The van der Waals surface area contributed by atoms with Crippen LogP contribution in [0.4, 0.5) is 0 Å². The van der Waals surface area contributed by atoms with Gasteiger partial charge in [0, 0.05) is 6.26 Å². The largest absolute Gasteiger partial charge is 0.224 e. The fourth-order valence-electron chi connectivity index (χ4n) is 2.66. The van der Waals surface area contributed by atoms with E-state index in [1.165, 1.54) is 17.4 Å². The summed E-state index contributed by atoms with van der Waals surface area (Å²) in [6.45, 7) is 6.38. The lowest BCUT2D eigenvalue weighted by atomic mass is 9.88. The van der Waals surface area contributed by atoms with Crippen molar-refractivity contribution in [3.05, 3.63) is 59.7 Å². The van der Waals surface area contributed by atoms with Crippen molar-refractivity contribution in [2.75, 3.05) is 6.26 Å². The molecule has 0 amide bonds. The van der Waals surface area contributed by atoms with Crippen LogP contribution in [0.3, 0.4) is 0 Å². The van der Waals surface area contributed by atoms with Crippen molar-refractivity contribution in [1.29, 1.82) is 0 Å². The molecule has 2 aromatic rings. The number of sulfone groups is 1. The average molecular weight is 328 g/mol. The van der Waals surface area contributed by atoms with Crippen molar-refractivity contribution < 1.29 is 8.42 Å². The summed E-state index contributed by atoms with van der Waals surface area (Å²) in [5.41, 5.74) is 4.49. The third kappa shape index (κ3) is 4.11. The third-order valence-electron chi connectivity index (χ3n) is 4.15. The van der Waals surface area contributed by atoms with Crippen LogP contribution in [-0.2, 0) is 9.84 Å². The predicted molar refractivity (Wildman–Crippen MR) is 98.4 cm³/mol. The van der Waals surface area contributed by atoms with Crippen LogP contribution in [0.2, 0.25) is 0 Å². The highest BCUT2D eigenvalue weighted by molar-refractivity contribution is 7.90. The number of hydrogen-bond donors (Lipinski definition) is 0. The third-order valence-corrected chi connectivity index (χ3v) is 5.26. The van der Waals surface area contributed by atoms with Gasteiger partial charge in [0.15, 0.2) is 9.84 Å². The zero-order valence-corrected chi connectivity index (χ0v) is 15.0. The van der Waals surface area contributed by atoms with Crippen LogP contribution in [0.1, 0.15) is 44.2 Å². The van der Waals surface area contributed by atoms with E-state index >= 15 is 0 Å². The minimum absolute atomic E-state index is 0.364. The zero-order chi connectivity index (χ0) is 17.0. The van der Waals surface area contributed by atoms with E-state index in [1.807, 2.05) is 25.1 Å². The molecule has 0 radical (unpaired) electrons. The van der Waals surface area contributed by atoms with Crippen molar-refractivity contribution in [3.8, 4) is 11.1 Å². The van der Waals surface area contributed by atoms with Gasteiger partial charge in [-0.25, -0.2) is 8.42 Å². The van der Waals surface area contributed by atoms with Gasteiger partial charge in [-0.3, -0.25) is 0 Å². The summed E-state index contributed by atoms with van der Waals surface area (Å²) >= 11 is 0. The number of hydrogen-bond acceptors (Lipinski definition) is 2. The molecule has 0 fully saturated rings. The van der Waals surface area contributed by atoms with Gasteiger partial charge in [0.1, 0.15) is 0 Å². The van der Waals surface area contributed by atoms with Gasteiger partial charge in [-0.15, -0.1) is 0 Å². The SMILES string of the molecule is C/C=C/c1ccc(-c2cccc(S(C)(=O)=O)c2)c(C(C)CC)c1. The van der Waals surface area contributed by atoms with E-state index in [0.717, 1.165) is 17.5 Å². The van der Waals surface area contributed by atoms with E-state index in [9.17, 15) is 8.42 Å². The summed E-state index contributed by atoms with van der Waals surface area (Å²) in [5.74, 6) is 0.414. The highest BCUT2D eigenvalue weighted by atomic mass is 32.2. The number of rotatable bonds is 5. The normalized spacial score (nSPS) is 13.4. The molecule has 0 aliphatic rings. The molecule has 1 unspecified atom stereocenters. The first-order valence-electron chi connectivity index (χ1n) is 7.94. The second-order valence-electron chi connectivity index (χ2n) is 5.96. The molecule has 122 valence electrons. The van der Waals surface area contributed by atoms with Crippen LogP contribution >= 0.6 is 0 Å². The summed E-state index contributed by atoms with van der Waals surface area (Å²) in [5, 5.41) is 0. The highest BCUT2D eigenvalue weighted by Crippen LogP contribution is 2.33. The molecular formula is C20H24O2S. The molecule has 2 nitrogen and oxygen atoms in total. The van der Waals surface area contributed by atoms with Crippen LogP contribution in [0, 0.1) is 0 Å². The Morgan fingerprint density at radius 1 is 1.13 bits per heavy atom. The molecule has 0 aliphatic heterocycles. The molecule has 2 rings (SSSR count). The zero-order valence-electron chi connectivity index (χ0n) is 14.2. The molecule has 2 aromatic carbocycles. The lowest BCUT2D eigenvalue weighted by Crippen LogP contribution is -1.99. The van der Waals surface area contributed by atoms with Gasteiger partial charge in [0.2, 0.25) is 0 Å². The molecule has 3 heteroatoms. The average Bonchev–Trinajstić information content (AvgIpc) is 2.53. The minimum Gasteiger partial charge on any atom is -0.224 e. The van der Waals surface area contributed by atoms with E-state index in [4.69, 9.17) is 0 Å². The van der Waals surface area contributed by atoms with Crippen molar-refractivity contribution in [2.24, 2.45) is 0 Å². The van der Waals surface area contributed by atoms with Crippen LogP contribution in [0.5, 0.6) is 0 Å². The second kappa shape index (κ2) is 7.14. The molecule has 1 atom stereocenters. The Hall–Kier alpha value is -1.87. The first kappa shape index (κ1) is 17.5. The summed E-state index contributed by atoms with van der Waals surface area (Å²) in [4.78, 5) is 0.364. The highest BCUT2D eigenvalue weighted by Gasteiger charge is 2.14. The Morgan fingerprint density at radius 3 is 2.48 bits per heavy atom. The van der Waals surface area contributed by atoms with Gasteiger partial charge < -0.3 is 0 Å². The molecular weight excluding hydrogens is 304 g/mol.